The molecule has 0 saturated heterocycles. The number of hydrogen-bond acceptors (Lipinski definition) is 6. The predicted octanol–water partition coefficient (Wildman–Crippen LogP) is 3.25. The Kier molecular flexibility index (Phi) is 3.76. The molecule has 0 fully saturated rings. The summed E-state index contributed by atoms with van der Waals surface area (Å²) in [6.07, 6.45) is 5.15. The van der Waals surface area contributed by atoms with Crippen LogP contribution in [0.3, 0.4) is 0 Å². The molecule has 0 saturated carbocycles. The molecule has 0 unspecified atom stereocenters. The molecule has 106 valence electrons. The summed E-state index contributed by atoms with van der Waals surface area (Å²) in [5.74, 6) is -0.241. The smallest absolute Gasteiger partial charge is 0.268 e. The number of nitrogen functional groups attached to an aromatic ring is 1. The summed E-state index contributed by atoms with van der Waals surface area (Å²) >= 11 is 2.90. The maximum absolute atomic E-state index is 12.3. The summed E-state index contributed by atoms with van der Waals surface area (Å²) < 4.78 is 0. The second-order valence-electron chi connectivity index (χ2n) is 4.24. The highest BCUT2D eigenvalue weighted by Gasteiger charge is 2.17. The van der Waals surface area contributed by atoms with Crippen LogP contribution in [0.2, 0.25) is 0 Å². The van der Waals surface area contributed by atoms with Crippen LogP contribution in [0.1, 0.15) is 9.67 Å². The van der Waals surface area contributed by atoms with Crippen LogP contribution in [0, 0.1) is 0 Å². The van der Waals surface area contributed by atoms with Gasteiger partial charge in [-0.05, 0) is 30.5 Å². The van der Waals surface area contributed by atoms with Crippen molar-refractivity contribution in [1.29, 1.82) is 0 Å². The summed E-state index contributed by atoms with van der Waals surface area (Å²) in [5.41, 5.74) is 7.67. The molecule has 3 rings (SSSR count). The Bertz CT molecular complexity index is 798. The number of anilines is 2. The van der Waals surface area contributed by atoms with Gasteiger partial charge in [0.1, 0.15) is 15.2 Å². The van der Waals surface area contributed by atoms with E-state index in [2.05, 4.69) is 15.3 Å². The van der Waals surface area contributed by atoms with E-state index in [4.69, 9.17) is 5.73 Å². The van der Waals surface area contributed by atoms with Crippen LogP contribution < -0.4 is 11.1 Å². The minimum Gasteiger partial charge on any atom is -0.396 e. The van der Waals surface area contributed by atoms with Crippen LogP contribution in [0.25, 0.3) is 10.3 Å². The summed E-state index contributed by atoms with van der Waals surface area (Å²) in [7, 11) is 0. The van der Waals surface area contributed by atoms with E-state index in [-0.39, 0.29) is 5.91 Å². The van der Waals surface area contributed by atoms with Gasteiger partial charge in [0.15, 0.2) is 0 Å². The van der Waals surface area contributed by atoms with Gasteiger partial charge in [-0.25, -0.2) is 9.97 Å². The number of nitrogens with zero attached hydrogens (tertiary/aromatic N) is 2. The third kappa shape index (κ3) is 2.70. The third-order valence-corrected chi connectivity index (χ3v) is 4.76. The maximum Gasteiger partial charge on any atom is 0.268 e. The maximum atomic E-state index is 12.3. The SMILES string of the molecule is CSc1ccc(NC(=O)c2sc3nccnc3c2N)cc1. The normalized spacial score (nSPS) is 10.7. The number of aromatic nitrogens is 2. The zero-order valence-corrected chi connectivity index (χ0v) is 12.8. The number of fused-ring (bicyclic) bond motifs is 1. The minimum atomic E-state index is -0.241. The first kappa shape index (κ1) is 13.8. The van der Waals surface area contributed by atoms with Gasteiger partial charge in [-0.3, -0.25) is 4.79 Å². The third-order valence-electron chi connectivity index (χ3n) is 2.92. The molecule has 0 bridgehead atoms. The number of thiophene rings is 1. The average molecular weight is 316 g/mol. The standard InChI is InChI=1S/C14H12N4OS2/c1-20-9-4-2-8(3-5-9)18-13(19)12-10(15)11-14(21-12)17-7-6-16-11/h2-7H,15H2,1H3,(H,18,19). The lowest BCUT2D eigenvalue weighted by Gasteiger charge is -2.05. The van der Waals surface area contributed by atoms with Crippen LogP contribution in [0.15, 0.2) is 41.6 Å². The van der Waals surface area contributed by atoms with Gasteiger partial charge in [0, 0.05) is 23.0 Å². The zero-order chi connectivity index (χ0) is 14.8. The number of thioether (sulfide) groups is 1. The predicted molar refractivity (Wildman–Crippen MR) is 88.0 cm³/mol. The molecule has 0 radical (unpaired) electrons. The second-order valence-corrected chi connectivity index (χ2v) is 6.12. The molecule has 0 atom stereocenters. The van der Waals surface area contributed by atoms with Crippen molar-refractivity contribution in [3.63, 3.8) is 0 Å². The molecule has 3 aromatic rings. The molecule has 1 aromatic carbocycles. The highest BCUT2D eigenvalue weighted by molar-refractivity contribution is 7.98. The summed E-state index contributed by atoms with van der Waals surface area (Å²) in [6.45, 7) is 0. The van der Waals surface area contributed by atoms with E-state index in [9.17, 15) is 4.79 Å². The van der Waals surface area contributed by atoms with Crippen LogP contribution in [0.4, 0.5) is 11.4 Å². The molecule has 0 aliphatic carbocycles. The average Bonchev–Trinajstić information content (AvgIpc) is 2.86. The number of carbonyl (C=O) groups excluding carboxylic acids is 1. The van der Waals surface area contributed by atoms with E-state index in [1.807, 2.05) is 30.5 Å². The lowest BCUT2D eigenvalue weighted by molar-refractivity contribution is 0.103. The van der Waals surface area contributed by atoms with Crippen LogP contribution in [-0.4, -0.2) is 22.1 Å². The minimum absolute atomic E-state index is 0.241. The Morgan fingerprint density at radius 3 is 2.62 bits per heavy atom. The molecule has 5 nitrogen and oxygen atoms in total. The number of amides is 1. The summed E-state index contributed by atoms with van der Waals surface area (Å²) in [4.78, 5) is 22.9. The first-order chi connectivity index (χ1) is 10.2. The fourth-order valence-corrected chi connectivity index (χ4v) is 3.20. The largest absolute Gasteiger partial charge is 0.396 e. The van der Waals surface area contributed by atoms with E-state index >= 15 is 0 Å². The van der Waals surface area contributed by atoms with E-state index in [1.54, 1.807) is 24.2 Å². The van der Waals surface area contributed by atoms with Crippen molar-refractivity contribution in [1.82, 2.24) is 9.97 Å². The number of carbonyl (C=O) groups is 1. The van der Waals surface area contributed by atoms with Crippen molar-refractivity contribution in [2.24, 2.45) is 0 Å². The quantitative estimate of drug-likeness (QED) is 0.725. The molecule has 0 spiro atoms. The lowest BCUT2D eigenvalue weighted by Crippen LogP contribution is -2.11. The van der Waals surface area contributed by atoms with Gasteiger partial charge >= 0.3 is 0 Å². The number of nitrogens with one attached hydrogen (secondary N) is 1. The highest BCUT2D eigenvalue weighted by atomic mass is 32.2. The summed E-state index contributed by atoms with van der Waals surface area (Å²) in [6, 6.07) is 7.64. The molecule has 21 heavy (non-hydrogen) atoms. The van der Waals surface area contributed by atoms with E-state index < -0.39 is 0 Å². The molecule has 0 aliphatic heterocycles. The summed E-state index contributed by atoms with van der Waals surface area (Å²) in [5, 5.41) is 2.84. The Morgan fingerprint density at radius 1 is 1.24 bits per heavy atom. The van der Waals surface area contributed by atoms with Gasteiger partial charge in [-0.15, -0.1) is 23.1 Å². The molecule has 0 aliphatic rings. The Balaban J connectivity index is 1.87. The van der Waals surface area contributed by atoms with Crippen LogP contribution >= 0.6 is 23.1 Å². The van der Waals surface area contributed by atoms with Gasteiger partial charge in [-0.1, -0.05) is 0 Å². The van der Waals surface area contributed by atoms with Crippen LogP contribution in [0.5, 0.6) is 0 Å². The molecular formula is C14H12N4OS2. The number of hydrogen-bond donors (Lipinski definition) is 2. The van der Waals surface area contributed by atoms with Crippen molar-refractivity contribution in [3.8, 4) is 0 Å². The molecule has 7 heteroatoms. The fourth-order valence-electron chi connectivity index (χ4n) is 1.87. The first-order valence-electron chi connectivity index (χ1n) is 6.13. The van der Waals surface area contributed by atoms with E-state index in [1.165, 1.54) is 11.3 Å². The van der Waals surface area contributed by atoms with Crippen molar-refractivity contribution >= 4 is 50.7 Å². The number of rotatable bonds is 3. The molecule has 3 N–H and O–H groups in total. The van der Waals surface area contributed by atoms with Crippen molar-refractivity contribution in [2.45, 2.75) is 4.90 Å². The molecule has 1 amide bonds. The van der Waals surface area contributed by atoms with Gasteiger partial charge in [0.05, 0.1) is 5.69 Å². The fraction of sp³-hybridized carbons (Fsp3) is 0.0714. The highest BCUT2D eigenvalue weighted by Crippen LogP contribution is 2.31. The zero-order valence-electron chi connectivity index (χ0n) is 11.2. The second kappa shape index (κ2) is 5.71. The van der Waals surface area contributed by atoms with Gasteiger partial charge < -0.3 is 11.1 Å². The number of nitrogens with two attached hydrogens (primary N) is 1. The van der Waals surface area contributed by atoms with Gasteiger partial charge in [0.25, 0.3) is 5.91 Å². The van der Waals surface area contributed by atoms with Crippen molar-refractivity contribution < 1.29 is 4.79 Å². The Hall–Kier alpha value is -2.12. The first-order valence-corrected chi connectivity index (χ1v) is 8.17. The van der Waals surface area contributed by atoms with Crippen molar-refractivity contribution in [3.05, 3.63) is 41.5 Å². The topological polar surface area (TPSA) is 80.9 Å². The lowest BCUT2D eigenvalue weighted by atomic mass is 10.3. The molecular weight excluding hydrogens is 304 g/mol. The Labute approximate surface area is 129 Å². The number of benzene rings is 1. The van der Waals surface area contributed by atoms with E-state index in [0.717, 1.165) is 10.6 Å². The Morgan fingerprint density at radius 2 is 1.95 bits per heavy atom. The molecule has 2 aromatic heterocycles. The van der Waals surface area contributed by atoms with Crippen molar-refractivity contribution in [2.75, 3.05) is 17.3 Å². The molecule has 2 heterocycles. The monoisotopic (exact) mass is 316 g/mol. The van der Waals surface area contributed by atoms with Gasteiger partial charge in [-0.2, -0.15) is 0 Å². The van der Waals surface area contributed by atoms with Gasteiger partial charge in [0.2, 0.25) is 0 Å². The van der Waals surface area contributed by atoms with E-state index in [0.29, 0.717) is 20.9 Å². The van der Waals surface area contributed by atoms with Crippen LogP contribution in [-0.2, 0) is 0 Å².